The number of carbonyl (C=O) groups is 2. The Kier molecular flexibility index (Phi) is 7.74. The average molecular weight is 354 g/mol. The van der Waals surface area contributed by atoms with Gasteiger partial charge in [0, 0.05) is 23.8 Å². The molecule has 1 heterocycles. The van der Waals surface area contributed by atoms with Gasteiger partial charge in [-0.1, -0.05) is 19.1 Å². The fourth-order valence-corrected chi connectivity index (χ4v) is 2.56. The molecule has 3 N–H and O–H groups in total. The third-order valence-electron chi connectivity index (χ3n) is 3.09. The number of carbonyl (C=O) groups excluding carboxylic acids is 2. The van der Waals surface area contributed by atoms with Crippen LogP contribution in [-0.4, -0.2) is 25.4 Å². The van der Waals surface area contributed by atoms with Crippen molar-refractivity contribution in [2.75, 3.05) is 24.2 Å². The molecule has 124 valence electrons. The number of hydrogen-bond acceptors (Lipinski definition) is 4. The van der Waals surface area contributed by atoms with Gasteiger partial charge in [-0.05, 0) is 36.7 Å². The van der Waals surface area contributed by atoms with Gasteiger partial charge in [-0.2, -0.15) is 0 Å². The lowest BCUT2D eigenvalue weighted by atomic mass is 10.1. The van der Waals surface area contributed by atoms with Gasteiger partial charge in [0.2, 0.25) is 5.91 Å². The summed E-state index contributed by atoms with van der Waals surface area (Å²) in [6.45, 7) is 2.47. The summed E-state index contributed by atoms with van der Waals surface area (Å²) in [6.07, 6.45) is 0. The molecule has 0 aliphatic heterocycles. The molecule has 7 heteroatoms. The van der Waals surface area contributed by atoms with Crippen molar-refractivity contribution in [3.63, 3.8) is 0 Å². The lowest BCUT2D eigenvalue weighted by Gasteiger charge is -2.12. The normalized spacial score (nSPS) is 11.2. The molecule has 0 saturated carbocycles. The standard InChI is InChI=1S/C16H19N3O2S.ClH/c1-11(10-17-2)15(20)18-12-5-3-6-13(9-12)19-16(21)14-7-4-8-22-14;/h3-9,11,17H,10H2,1-2H3,(H,18,20)(H,19,21);1H. The Morgan fingerprint density at radius 3 is 2.43 bits per heavy atom. The van der Waals surface area contributed by atoms with Crippen LogP contribution in [0, 0.1) is 5.92 Å². The van der Waals surface area contributed by atoms with Crippen LogP contribution in [0.2, 0.25) is 0 Å². The van der Waals surface area contributed by atoms with Crippen molar-refractivity contribution in [2.45, 2.75) is 6.92 Å². The number of thiophene rings is 1. The minimum absolute atomic E-state index is 0. The van der Waals surface area contributed by atoms with E-state index >= 15 is 0 Å². The molecule has 0 spiro atoms. The highest BCUT2D eigenvalue weighted by Crippen LogP contribution is 2.18. The van der Waals surface area contributed by atoms with Gasteiger partial charge in [-0.15, -0.1) is 23.7 Å². The lowest BCUT2D eigenvalue weighted by Crippen LogP contribution is -2.28. The number of nitrogens with one attached hydrogen (secondary N) is 3. The summed E-state index contributed by atoms with van der Waals surface area (Å²) < 4.78 is 0. The topological polar surface area (TPSA) is 70.2 Å². The highest BCUT2D eigenvalue weighted by Gasteiger charge is 2.12. The highest BCUT2D eigenvalue weighted by atomic mass is 35.5. The van der Waals surface area contributed by atoms with Crippen LogP contribution >= 0.6 is 23.7 Å². The van der Waals surface area contributed by atoms with E-state index in [9.17, 15) is 9.59 Å². The maximum Gasteiger partial charge on any atom is 0.265 e. The van der Waals surface area contributed by atoms with Gasteiger partial charge < -0.3 is 16.0 Å². The Balaban J connectivity index is 0.00000264. The first-order valence-electron chi connectivity index (χ1n) is 7.00. The Hall–Kier alpha value is -1.89. The molecule has 0 fully saturated rings. The summed E-state index contributed by atoms with van der Waals surface area (Å²) in [6, 6.07) is 10.7. The Bertz CT molecular complexity index is 647. The number of amides is 2. The SMILES string of the molecule is CNCC(C)C(=O)Nc1cccc(NC(=O)c2cccs2)c1.Cl. The van der Waals surface area contributed by atoms with Gasteiger partial charge >= 0.3 is 0 Å². The van der Waals surface area contributed by atoms with Crippen molar-refractivity contribution >= 4 is 46.9 Å². The smallest absolute Gasteiger partial charge is 0.265 e. The van der Waals surface area contributed by atoms with Crippen molar-refractivity contribution in [1.82, 2.24) is 5.32 Å². The molecule has 0 aliphatic rings. The van der Waals surface area contributed by atoms with Crippen LogP contribution in [-0.2, 0) is 4.79 Å². The number of anilines is 2. The van der Waals surface area contributed by atoms with Crippen molar-refractivity contribution < 1.29 is 9.59 Å². The lowest BCUT2D eigenvalue weighted by molar-refractivity contribution is -0.119. The van der Waals surface area contributed by atoms with Gasteiger partial charge in [-0.3, -0.25) is 9.59 Å². The summed E-state index contributed by atoms with van der Waals surface area (Å²) in [7, 11) is 1.81. The summed E-state index contributed by atoms with van der Waals surface area (Å²) in [5.74, 6) is -0.340. The number of hydrogen-bond donors (Lipinski definition) is 3. The molecule has 23 heavy (non-hydrogen) atoms. The minimum Gasteiger partial charge on any atom is -0.326 e. The van der Waals surface area contributed by atoms with Gasteiger partial charge in [-0.25, -0.2) is 0 Å². The van der Waals surface area contributed by atoms with Crippen LogP contribution in [0.3, 0.4) is 0 Å². The Labute approximate surface area is 145 Å². The van der Waals surface area contributed by atoms with Crippen LogP contribution in [0.1, 0.15) is 16.6 Å². The van der Waals surface area contributed by atoms with E-state index in [1.807, 2.05) is 25.4 Å². The van der Waals surface area contributed by atoms with E-state index in [4.69, 9.17) is 0 Å². The van der Waals surface area contributed by atoms with Crippen LogP contribution in [0.25, 0.3) is 0 Å². The van der Waals surface area contributed by atoms with E-state index in [2.05, 4.69) is 16.0 Å². The molecule has 1 atom stereocenters. The van der Waals surface area contributed by atoms with Crippen molar-refractivity contribution in [3.8, 4) is 0 Å². The zero-order chi connectivity index (χ0) is 15.9. The first-order chi connectivity index (χ1) is 10.6. The van der Waals surface area contributed by atoms with E-state index < -0.39 is 0 Å². The fraction of sp³-hybridized carbons (Fsp3) is 0.250. The monoisotopic (exact) mass is 353 g/mol. The molecule has 2 rings (SSSR count). The van der Waals surface area contributed by atoms with Gasteiger partial charge in [0.25, 0.3) is 5.91 Å². The Morgan fingerprint density at radius 1 is 1.13 bits per heavy atom. The second-order valence-corrected chi connectivity index (χ2v) is 5.91. The predicted octanol–water partition coefficient (Wildman–Crippen LogP) is 3.22. The van der Waals surface area contributed by atoms with Crippen LogP contribution in [0.15, 0.2) is 41.8 Å². The number of halogens is 1. The minimum atomic E-state index is -0.151. The van der Waals surface area contributed by atoms with Crippen molar-refractivity contribution in [1.29, 1.82) is 0 Å². The van der Waals surface area contributed by atoms with E-state index in [-0.39, 0.29) is 30.1 Å². The Morgan fingerprint density at radius 2 is 1.83 bits per heavy atom. The second kappa shape index (κ2) is 9.29. The fourth-order valence-electron chi connectivity index (χ4n) is 1.94. The van der Waals surface area contributed by atoms with E-state index in [1.165, 1.54) is 11.3 Å². The van der Waals surface area contributed by atoms with E-state index in [0.717, 1.165) is 0 Å². The molecular formula is C16H20ClN3O2S. The first kappa shape index (κ1) is 19.2. The molecule has 5 nitrogen and oxygen atoms in total. The number of benzene rings is 1. The van der Waals surface area contributed by atoms with Crippen LogP contribution in [0.5, 0.6) is 0 Å². The van der Waals surface area contributed by atoms with E-state index in [1.54, 1.807) is 30.3 Å². The molecule has 1 aromatic heterocycles. The highest BCUT2D eigenvalue weighted by molar-refractivity contribution is 7.12. The third-order valence-corrected chi connectivity index (χ3v) is 3.96. The predicted molar refractivity (Wildman–Crippen MR) is 97.7 cm³/mol. The maximum atomic E-state index is 12.0. The molecule has 0 saturated heterocycles. The molecular weight excluding hydrogens is 334 g/mol. The van der Waals surface area contributed by atoms with Crippen molar-refractivity contribution in [3.05, 3.63) is 46.7 Å². The largest absolute Gasteiger partial charge is 0.326 e. The average Bonchev–Trinajstić information content (AvgIpc) is 3.02. The molecule has 0 aliphatic carbocycles. The van der Waals surface area contributed by atoms with Crippen molar-refractivity contribution in [2.24, 2.45) is 5.92 Å². The summed E-state index contributed by atoms with van der Waals surface area (Å²) in [5, 5.41) is 10.5. The van der Waals surface area contributed by atoms with Crippen LogP contribution in [0.4, 0.5) is 11.4 Å². The van der Waals surface area contributed by atoms with Crippen LogP contribution < -0.4 is 16.0 Å². The summed E-state index contributed by atoms with van der Waals surface area (Å²) >= 11 is 1.39. The zero-order valence-electron chi connectivity index (χ0n) is 13.0. The molecule has 1 unspecified atom stereocenters. The van der Waals surface area contributed by atoms with Gasteiger partial charge in [0.1, 0.15) is 0 Å². The summed E-state index contributed by atoms with van der Waals surface area (Å²) in [5.41, 5.74) is 1.31. The van der Waals surface area contributed by atoms with Gasteiger partial charge in [0.05, 0.1) is 4.88 Å². The van der Waals surface area contributed by atoms with E-state index in [0.29, 0.717) is 22.8 Å². The molecule has 0 radical (unpaired) electrons. The first-order valence-corrected chi connectivity index (χ1v) is 7.88. The summed E-state index contributed by atoms with van der Waals surface area (Å²) in [4.78, 5) is 24.6. The quantitative estimate of drug-likeness (QED) is 0.746. The number of rotatable bonds is 6. The molecule has 1 aromatic carbocycles. The zero-order valence-corrected chi connectivity index (χ0v) is 14.6. The third kappa shape index (κ3) is 5.67. The second-order valence-electron chi connectivity index (χ2n) is 4.96. The van der Waals surface area contributed by atoms with Gasteiger partial charge in [0.15, 0.2) is 0 Å². The molecule has 0 bridgehead atoms. The molecule has 2 aromatic rings. The molecule has 2 amide bonds. The maximum absolute atomic E-state index is 12.0.